The van der Waals surface area contributed by atoms with Gasteiger partial charge in [-0.2, -0.15) is 0 Å². The largest absolute Gasteiger partial charge is 0.356 e. The van der Waals surface area contributed by atoms with Gasteiger partial charge in [0.15, 0.2) is 0 Å². The quantitative estimate of drug-likeness (QED) is 0.883. The first-order valence-electron chi connectivity index (χ1n) is 7.88. The Balaban J connectivity index is 1.83. The van der Waals surface area contributed by atoms with Crippen LogP contribution in [0.5, 0.6) is 0 Å². The number of piperidine rings is 1. The second-order valence-electron chi connectivity index (χ2n) is 5.82. The molecule has 19 heavy (non-hydrogen) atoms. The van der Waals surface area contributed by atoms with Gasteiger partial charge in [-0.15, -0.1) is 0 Å². The third-order valence-corrected chi connectivity index (χ3v) is 4.41. The van der Waals surface area contributed by atoms with Crippen LogP contribution in [0.3, 0.4) is 0 Å². The van der Waals surface area contributed by atoms with Gasteiger partial charge in [0.2, 0.25) is 0 Å². The first-order chi connectivity index (χ1) is 9.45. The van der Waals surface area contributed by atoms with E-state index in [9.17, 15) is 0 Å². The van der Waals surface area contributed by atoms with Gasteiger partial charge < -0.3 is 10.2 Å². The minimum atomic E-state index is 0.515. The first-order valence-corrected chi connectivity index (χ1v) is 7.88. The Hall–Kier alpha value is -1.09. The zero-order valence-corrected chi connectivity index (χ0v) is 11.8. The molecule has 0 amide bonds. The monoisotopic (exact) mass is 259 g/mol. The standard InChI is InChI=1S/C16H25N3/c1-2-6-13-19(12-5-1)16-14(8-7-11-18-16)15-9-3-4-10-17-15/h7-8,11,15,17H,1-6,9-10,12-13H2/t15-/m1/s1. The zero-order valence-electron chi connectivity index (χ0n) is 11.8. The van der Waals surface area contributed by atoms with E-state index in [4.69, 9.17) is 4.98 Å². The number of hydrogen-bond donors (Lipinski definition) is 1. The third-order valence-electron chi connectivity index (χ3n) is 4.41. The third kappa shape index (κ3) is 3.08. The molecule has 0 aromatic carbocycles. The van der Waals surface area contributed by atoms with Crippen LogP contribution in [0.2, 0.25) is 0 Å². The molecule has 0 aliphatic carbocycles. The van der Waals surface area contributed by atoms with Crippen molar-refractivity contribution in [1.82, 2.24) is 10.3 Å². The summed E-state index contributed by atoms with van der Waals surface area (Å²) in [6.45, 7) is 3.51. The number of rotatable bonds is 2. The van der Waals surface area contributed by atoms with Crippen LogP contribution in [0.25, 0.3) is 0 Å². The molecule has 3 nitrogen and oxygen atoms in total. The highest BCUT2D eigenvalue weighted by molar-refractivity contribution is 5.48. The summed E-state index contributed by atoms with van der Waals surface area (Å²) in [4.78, 5) is 7.22. The van der Waals surface area contributed by atoms with E-state index in [0.717, 1.165) is 6.54 Å². The Bertz CT molecular complexity index is 391. The van der Waals surface area contributed by atoms with Crippen molar-refractivity contribution in [3.05, 3.63) is 23.9 Å². The number of aromatic nitrogens is 1. The number of nitrogens with one attached hydrogen (secondary N) is 1. The average Bonchev–Trinajstić information content (AvgIpc) is 2.77. The Morgan fingerprint density at radius 2 is 1.89 bits per heavy atom. The predicted octanol–water partition coefficient (Wildman–Crippen LogP) is 3.28. The molecule has 104 valence electrons. The van der Waals surface area contributed by atoms with Gasteiger partial charge >= 0.3 is 0 Å². The zero-order chi connectivity index (χ0) is 12.9. The lowest BCUT2D eigenvalue weighted by atomic mass is 9.97. The lowest BCUT2D eigenvalue weighted by Gasteiger charge is -2.30. The van der Waals surface area contributed by atoms with Crippen molar-refractivity contribution in [3.63, 3.8) is 0 Å². The summed E-state index contributed by atoms with van der Waals surface area (Å²) in [5.41, 5.74) is 1.42. The normalized spacial score (nSPS) is 25.1. The molecule has 0 radical (unpaired) electrons. The van der Waals surface area contributed by atoms with Crippen LogP contribution in [0, 0.1) is 0 Å². The van der Waals surface area contributed by atoms with Crippen LogP contribution in [0.15, 0.2) is 18.3 Å². The van der Waals surface area contributed by atoms with Crippen molar-refractivity contribution < 1.29 is 0 Å². The van der Waals surface area contributed by atoms with Crippen LogP contribution >= 0.6 is 0 Å². The minimum Gasteiger partial charge on any atom is -0.356 e. The van der Waals surface area contributed by atoms with E-state index >= 15 is 0 Å². The van der Waals surface area contributed by atoms with E-state index in [2.05, 4.69) is 22.3 Å². The lowest BCUT2D eigenvalue weighted by molar-refractivity contribution is 0.411. The highest BCUT2D eigenvalue weighted by Gasteiger charge is 2.21. The van der Waals surface area contributed by atoms with Crippen molar-refractivity contribution in [2.45, 2.75) is 51.0 Å². The molecule has 3 heterocycles. The van der Waals surface area contributed by atoms with E-state index in [1.807, 2.05) is 6.20 Å². The molecule has 1 N–H and O–H groups in total. The maximum absolute atomic E-state index is 4.71. The van der Waals surface area contributed by atoms with Crippen molar-refractivity contribution in [2.75, 3.05) is 24.5 Å². The summed E-state index contributed by atoms with van der Waals surface area (Å²) < 4.78 is 0. The van der Waals surface area contributed by atoms with Crippen molar-refractivity contribution in [2.24, 2.45) is 0 Å². The molecular formula is C16H25N3. The maximum atomic E-state index is 4.71. The molecule has 3 heteroatoms. The highest BCUT2D eigenvalue weighted by atomic mass is 15.2. The van der Waals surface area contributed by atoms with Gasteiger partial charge in [-0.25, -0.2) is 4.98 Å². The van der Waals surface area contributed by atoms with Gasteiger partial charge in [-0.3, -0.25) is 0 Å². The van der Waals surface area contributed by atoms with Gasteiger partial charge in [0.05, 0.1) is 0 Å². The molecule has 0 unspecified atom stereocenters. The fourth-order valence-corrected chi connectivity index (χ4v) is 3.35. The summed E-state index contributed by atoms with van der Waals surface area (Å²) in [6, 6.07) is 4.88. The molecule has 0 spiro atoms. The Kier molecular flexibility index (Phi) is 4.34. The first kappa shape index (κ1) is 12.9. The van der Waals surface area contributed by atoms with Crippen molar-refractivity contribution >= 4 is 5.82 Å². The fraction of sp³-hybridized carbons (Fsp3) is 0.688. The van der Waals surface area contributed by atoms with Crippen LogP contribution in [0.4, 0.5) is 5.82 Å². The Morgan fingerprint density at radius 3 is 2.63 bits per heavy atom. The van der Waals surface area contributed by atoms with Gasteiger partial charge in [0, 0.05) is 30.9 Å². The van der Waals surface area contributed by atoms with Gasteiger partial charge in [-0.1, -0.05) is 25.3 Å². The summed E-state index contributed by atoms with van der Waals surface area (Å²) >= 11 is 0. The molecule has 0 bridgehead atoms. The van der Waals surface area contributed by atoms with E-state index in [-0.39, 0.29) is 0 Å². The van der Waals surface area contributed by atoms with Crippen molar-refractivity contribution in [3.8, 4) is 0 Å². The topological polar surface area (TPSA) is 28.2 Å². The molecule has 1 atom stereocenters. The molecule has 3 rings (SSSR count). The van der Waals surface area contributed by atoms with E-state index < -0.39 is 0 Å². The number of nitrogens with zero attached hydrogens (tertiary/aromatic N) is 2. The molecule has 2 aliphatic heterocycles. The molecule has 1 aromatic rings. The molecule has 1 aromatic heterocycles. The second-order valence-corrected chi connectivity index (χ2v) is 5.82. The Morgan fingerprint density at radius 1 is 1.05 bits per heavy atom. The van der Waals surface area contributed by atoms with Crippen LogP contribution in [0.1, 0.15) is 56.6 Å². The van der Waals surface area contributed by atoms with Crippen LogP contribution in [-0.2, 0) is 0 Å². The Labute approximate surface area is 116 Å². The van der Waals surface area contributed by atoms with Gasteiger partial charge in [0.1, 0.15) is 5.82 Å². The summed E-state index contributed by atoms with van der Waals surface area (Å²) in [6.07, 6.45) is 11.2. The lowest BCUT2D eigenvalue weighted by Crippen LogP contribution is -2.31. The van der Waals surface area contributed by atoms with E-state index in [1.54, 1.807) is 0 Å². The van der Waals surface area contributed by atoms with Gasteiger partial charge in [-0.05, 0) is 38.3 Å². The SMILES string of the molecule is c1cnc(N2CCCCCC2)c([C@H]2CCCCN2)c1. The second kappa shape index (κ2) is 6.38. The molecule has 2 fully saturated rings. The molecular weight excluding hydrogens is 234 g/mol. The molecule has 2 aliphatic rings. The summed E-state index contributed by atoms with van der Waals surface area (Å²) in [5, 5.41) is 3.66. The van der Waals surface area contributed by atoms with E-state index in [0.29, 0.717) is 6.04 Å². The molecule has 0 saturated carbocycles. The highest BCUT2D eigenvalue weighted by Crippen LogP contribution is 2.30. The summed E-state index contributed by atoms with van der Waals surface area (Å²) in [5.74, 6) is 1.24. The van der Waals surface area contributed by atoms with Crippen LogP contribution in [-0.4, -0.2) is 24.6 Å². The number of anilines is 1. The summed E-state index contributed by atoms with van der Waals surface area (Å²) in [7, 11) is 0. The number of hydrogen-bond acceptors (Lipinski definition) is 3. The minimum absolute atomic E-state index is 0.515. The van der Waals surface area contributed by atoms with Crippen molar-refractivity contribution in [1.29, 1.82) is 0 Å². The van der Waals surface area contributed by atoms with E-state index in [1.165, 1.54) is 69.4 Å². The molecule has 2 saturated heterocycles. The van der Waals surface area contributed by atoms with Crippen LogP contribution < -0.4 is 10.2 Å². The average molecular weight is 259 g/mol. The maximum Gasteiger partial charge on any atom is 0.133 e. The number of pyridine rings is 1. The fourth-order valence-electron chi connectivity index (χ4n) is 3.35. The predicted molar refractivity (Wildman–Crippen MR) is 79.5 cm³/mol. The van der Waals surface area contributed by atoms with Gasteiger partial charge in [0.25, 0.3) is 0 Å². The smallest absolute Gasteiger partial charge is 0.133 e.